The number of esters is 1. The SMILES string of the molecule is CC(C)OC(=O)CCC/C=C\C[C@H]1C(=O)C(C)(C)[C@@H](O)[C@@H]1/C=C/[C@H](O)CCc1sc2ccccc2c1Cl. The number of aliphatic hydroxyl groups excluding tert-OH is 2. The van der Waals surface area contributed by atoms with Crippen LogP contribution in [-0.2, 0) is 20.7 Å². The van der Waals surface area contributed by atoms with Gasteiger partial charge in [0.05, 0.1) is 28.7 Å². The van der Waals surface area contributed by atoms with Crippen molar-refractivity contribution < 1.29 is 24.5 Å². The third kappa shape index (κ3) is 7.53. The number of allylic oxidation sites excluding steroid dienone is 2. The number of carbonyl (C=O) groups is 2. The Bertz CT molecular complexity index is 1130. The highest BCUT2D eigenvalue weighted by atomic mass is 35.5. The summed E-state index contributed by atoms with van der Waals surface area (Å²) in [5, 5.41) is 23.3. The molecule has 5 nitrogen and oxygen atoms in total. The Morgan fingerprint density at radius 1 is 1.24 bits per heavy atom. The van der Waals surface area contributed by atoms with Gasteiger partial charge in [-0.15, -0.1) is 11.3 Å². The third-order valence-corrected chi connectivity index (χ3v) is 8.81. The molecule has 7 heteroatoms. The van der Waals surface area contributed by atoms with Crippen LogP contribution in [0.25, 0.3) is 10.1 Å². The summed E-state index contributed by atoms with van der Waals surface area (Å²) in [6.07, 6.45) is 9.30. The van der Waals surface area contributed by atoms with E-state index >= 15 is 0 Å². The van der Waals surface area contributed by atoms with Crippen molar-refractivity contribution in [1.29, 1.82) is 0 Å². The van der Waals surface area contributed by atoms with Crippen molar-refractivity contribution in [2.45, 2.75) is 84.5 Å². The van der Waals surface area contributed by atoms with Crippen LogP contribution in [0.2, 0.25) is 5.02 Å². The Kier molecular flexibility index (Phi) is 10.5. The first kappa shape index (κ1) is 29.6. The van der Waals surface area contributed by atoms with Gasteiger partial charge in [0, 0.05) is 33.2 Å². The summed E-state index contributed by atoms with van der Waals surface area (Å²) in [7, 11) is 0. The Labute approximate surface area is 229 Å². The van der Waals surface area contributed by atoms with E-state index in [0.29, 0.717) is 32.1 Å². The number of ketones is 1. The molecule has 3 rings (SSSR count). The number of benzene rings is 1. The molecule has 1 heterocycles. The average Bonchev–Trinajstić information content (AvgIpc) is 3.25. The molecule has 1 saturated carbocycles. The molecule has 1 aliphatic rings. The monoisotopic (exact) mass is 546 g/mol. The van der Waals surface area contributed by atoms with Crippen LogP contribution in [0.5, 0.6) is 0 Å². The molecule has 1 aliphatic carbocycles. The number of unbranched alkanes of at least 4 members (excludes halogenated alkanes) is 1. The molecule has 37 heavy (non-hydrogen) atoms. The van der Waals surface area contributed by atoms with Crippen LogP contribution in [0.3, 0.4) is 0 Å². The topological polar surface area (TPSA) is 83.8 Å². The fourth-order valence-corrected chi connectivity index (χ4v) is 6.45. The van der Waals surface area contributed by atoms with Crippen LogP contribution < -0.4 is 0 Å². The van der Waals surface area contributed by atoms with Gasteiger partial charge < -0.3 is 14.9 Å². The summed E-state index contributed by atoms with van der Waals surface area (Å²) in [5.41, 5.74) is -0.844. The van der Waals surface area contributed by atoms with Gasteiger partial charge in [0.25, 0.3) is 0 Å². The smallest absolute Gasteiger partial charge is 0.306 e. The predicted molar refractivity (Wildman–Crippen MR) is 151 cm³/mol. The van der Waals surface area contributed by atoms with Crippen molar-refractivity contribution in [2.75, 3.05) is 0 Å². The van der Waals surface area contributed by atoms with Crippen molar-refractivity contribution in [3.8, 4) is 0 Å². The number of fused-ring (bicyclic) bond motifs is 1. The van der Waals surface area contributed by atoms with E-state index in [4.69, 9.17) is 16.3 Å². The molecule has 0 aliphatic heterocycles. The van der Waals surface area contributed by atoms with Gasteiger partial charge in [-0.25, -0.2) is 0 Å². The van der Waals surface area contributed by atoms with E-state index in [1.807, 2.05) is 56.3 Å². The van der Waals surface area contributed by atoms with Crippen LogP contribution in [0.4, 0.5) is 0 Å². The van der Waals surface area contributed by atoms with Crippen molar-refractivity contribution in [1.82, 2.24) is 0 Å². The van der Waals surface area contributed by atoms with E-state index in [9.17, 15) is 19.8 Å². The molecule has 0 bridgehead atoms. The lowest BCUT2D eigenvalue weighted by Crippen LogP contribution is -2.31. The first-order valence-electron chi connectivity index (χ1n) is 13.1. The maximum Gasteiger partial charge on any atom is 0.306 e. The van der Waals surface area contributed by atoms with Crippen LogP contribution >= 0.6 is 22.9 Å². The summed E-state index contributed by atoms with van der Waals surface area (Å²) < 4.78 is 6.27. The van der Waals surface area contributed by atoms with Gasteiger partial charge >= 0.3 is 5.97 Å². The molecule has 2 N–H and O–H groups in total. The highest BCUT2D eigenvalue weighted by Crippen LogP contribution is 2.45. The summed E-state index contributed by atoms with van der Waals surface area (Å²) in [6.45, 7) is 7.23. The second-order valence-electron chi connectivity index (χ2n) is 10.7. The van der Waals surface area contributed by atoms with Gasteiger partial charge in [0.1, 0.15) is 5.78 Å². The van der Waals surface area contributed by atoms with E-state index in [2.05, 4.69) is 0 Å². The van der Waals surface area contributed by atoms with Crippen LogP contribution in [0.1, 0.15) is 64.7 Å². The number of Topliss-reactive ketones (excluding diaryl/α,β-unsaturated/α-hetero) is 1. The van der Waals surface area contributed by atoms with E-state index < -0.39 is 17.6 Å². The second-order valence-corrected chi connectivity index (χ2v) is 12.2. The highest BCUT2D eigenvalue weighted by molar-refractivity contribution is 7.19. The normalized spacial score (nSPS) is 22.6. The molecule has 1 aromatic heterocycles. The molecule has 0 unspecified atom stereocenters. The zero-order valence-electron chi connectivity index (χ0n) is 22.2. The molecule has 1 fully saturated rings. The van der Waals surface area contributed by atoms with E-state index in [0.717, 1.165) is 26.4 Å². The lowest BCUT2D eigenvalue weighted by molar-refractivity contribution is -0.147. The van der Waals surface area contributed by atoms with Crippen LogP contribution in [0, 0.1) is 17.3 Å². The summed E-state index contributed by atoms with van der Waals surface area (Å²) in [4.78, 5) is 25.8. The standard InChI is InChI=1S/C30H39ClO5S/c1-19(2)36-26(33)14-8-6-5-7-11-21-22(29(35)30(3,4)28(21)34)17-15-20(32)16-18-25-27(31)23-12-9-10-13-24(23)37-25/h5,7,9-10,12-13,15,17,19-22,29,32,35H,6,8,11,14,16,18H2,1-4H3/b7-5-,17-15+/t20-,21+,22+,29-/m0/s1. The molecular weight excluding hydrogens is 508 g/mol. The largest absolute Gasteiger partial charge is 0.463 e. The number of rotatable bonds is 12. The Morgan fingerprint density at radius 3 is 2.68 bits per heavy atom. The molecule has 0 amide bonds. The lowest BCUT2D eigenvalue weighted by Gasteiger charge is -2.22. The fourth-order valence-electron chi connectivity index (χ4n) is 4.91. The minimum absolute atomic E-state index is 0.0337. The van der Waals surface area contributed by atoms with E-state index in [-0.39, 0.29) is 29.7 Å². The first-order valence-corrected chi connectivity index (χ1v) is 14.3. The molecule has 202 valence electrons. The minimum atomic E-state index is -0.844. The summed E-state index contributed by atoms with van der Waals surface area (Å²) >= 11 is 8.18. The van der Waals surface area contributed by atoms with Gasteiger partial charge in [-0.2, -0.15) is 0 Å². The number of halogens is 1. The summed E-state index contributed by atoms with van der Waals surface area (Å²) in [6, 6.07) is 8.00. The summed E-state index contributed by atoms with van der Waals surface area (Å²) in [5.74, 6) is -0.882. The van der Waals surface area contributed by atoms with Gasteiger partial charge in [-0.3, -0.25) is 9.59 Å². The van der Waals surface area contributed by atoms with Gasteiger partial charge in [0.2, 0.25) is 0 Å². The number of hydrogen-bond acceptors (Lipinski definition) is 6. The Hall–Kier alpha value is -1.99. The number of ether oxygens (including phenoxy) is 1. The quantitative estimate of drug-likeness (QED) is 0.176. The molecule has 2 aromatic rings. The van der Waals surface area contributed by atoms with Crippen molar-refractivity contribution in [3.05, 3.63) is 58.5 Å². The third-order valence-electron chi connectivity index (χ3n) is 7.04. The van der Waals surface area contributed by atoms with E-state index in [1.54, 1.807) is 31.3 Å². The number of hydrogen-bond donors (Lipinski definition) is 2. The number of aliphatic hydroxyl groups is 2. The molecule has 1 aromatic carbocycles. The molecule has 4 atom stereocenters. The first-order chi connectivity index (χ1) is 17.5. The highest BCUT2D eigenvalue weighted by Gasteiger charge is 2.52. The predicted octanol–water partition coefficient (Wildman–Crippen LogP) is 6.67. The van der Waals surface area contributed by atoms with Gasteiger partial charge in [-0.05, 0) is 52.0 Å². The molecule has 0 spiro atoms. The number of carbonyl (C=O) groups excluding carboxylic acids is 2. The molecule has 0 saturated heterocycles. The Balaban J connectivity index is 1.55. The van der Waals surface area contributed by atoms with Gasteiger partial charge in [-0.1, -0.05) is 68.0 Å². The maximum atomic E-state index is 13.1. The van der Waals surface area contributed by atoms with Crippen LogP contribution in [-0.4, -0.2) is 40.3 Å². The molecule has 0 radical (unpaired) electrons. The number of thiophene rings is 1. The van der Waals surface area contributed by atoms with Crippen molar-refractivity contribution in [3.63, 3.8) is 0 Å². The molecular formula is C30H39ClO5S. The maximum absolute atomic E-state index is 13.1. The number of aryl methyl sites for hydroxylation is 1. The van der Waals surface area contributed by atoms with Gasteiger partial charge in [0.15, 0.2) is 0 Å². The fraction of sp³-hybridized carbons (Fsp3) is 0.533. The zero-order valence-corrected chi connectivity index (χ0v) is 23.7. The second kappa shape index (κ2) is 13.2. The lowest BCUT2D eigenvalue weighted by atomic mass is 9.86. The van der Waals surface area contributed by atoms with Crippen LogP contribution in [0.15, 0.2) is 48.6 Å². The van der Waals surface area contributed by atoms with Crippen molar-refractivity contribution in [2.24, 2.45) is 17.3 Å². The van der Waals surface area contributed by atoms with Crippen molar-refractivity contribution >= 4 is 44.8 Å². The average molecular weight is 547 g/mol. The minimum Gasteiger partial charge on any atom is -0.463 e. The Morgan fingerprint density at radius 2 is 1.97 bits per heavy atom. The van der Waals surface area contributed by atoms with E-state index in [1.165, 1.54) is 0 Å². The zero-order chi connectivity index (χ0) is 27.2.